The average Bonchev–Trinajstić information content (AvgIpc) is 2.54. The Morgan fingerprint density at radius 1 is 1.64 bits per heavy atom. The van der Waals surface area contributed by atoms with Gasteiger partial charge in [-0.2, -0.15) is 5.10 Å². The Kier molecular flexibility index (Phi) is 2.81. The zero-order valence-electron chi connectivity index (χ0n) is 8.03. The highest BCUT2D eigenvalue weighted by Crippen LogP contribution is 2.26. The Balaban J connectivity index is 1.68. The van der Waals surface area contributed by atoms with Crippen molar-refractivity contribution < 1.29 is 9.53 Å². The van der Waals surface area contributed by atoms with E-state index in [2.05, 4.69) is 10.2 Å². The number of hydrogen-bond donors (Lipinski definition) is 1. The molecule has 0 aliphatic heterocycles. The van der Waals surface area contributed by atoms with Crippen molar-refractivity contribution in [3.63, 3.8) is 0 Å². The molecule has 0 aromatic carbocycles. The van der Waals surface area contributed by atoms with Gasteiger partial charge in [0.1, 0.15) is 0 Å². The first-order valence-corrected chi connectivity index (χ1v) is 4.98. The SMILES string of the molecule is O=C(Cc1ccn[nH]1)OCC1CCC1. The van der Waals surface area contributed by atoms with Gasteiger partial charge in [0.2, 0.25) is 0 Å². The molecule has 0 unspecified atom stereocenters. The van der Waals surface area contributed by atoms with Crippen LogP contribution in [0.1, 0.15) is 25.0 Å². The van der Waals surface area contributed by atoms with Gasteiger partial charge in [-0.15, -0.1) is 0 Å². The molecule has 1 aromatic rings. The van der Waals surface area contributed by atoms with Crippen LogP contribution in [0.25, 0.3) is 0 Å². The van der Waals surface area contributed by atoms with Gasteiger partial charge in [-0.25, -0.2) is 0 Å². The van der Waals surface area contributed by atoms with Gasteiger partial charge in [-0.3, -0.25) is 9.89 Å². The molecule has 1 aliphatic rings. The lowest BCUT2D eigenvalue weighted by atomic mass is 9.86. The van der Waals surface area contributed by atoms with E-state index < -0.39 is 0 Å². The molecule has 1 aromatic heterocycles. The predicted octanol–water partition coefficient (Wildman–Crippen LogP) is 1.30. The van der Waals surface area contributed by atoms with Crippen molar-refractivity contribution in [3.8, 4) is 0 Å². The molecule has 0 saturated heterocycles. The Labute approximate surface area is 82.7 Å². The minimum atomic E-state index is -0.166. The highest BCUT2D eigenvalue weighted by Gasteiger charge is 2.19. The van der Waals surface area contributed by atoms with E-state index in [9.17, 15) is 4.79 Å². The smallest absolute Gasteiger partial charge is 0.311 e. The molecule has 0 atom stereocenters. The molecule has 4 nitrogen and oxygen atoms in total. The minimum absolute atomic E-state index is 0.166. The van der Waals surface area contributed by atoms with E-state index >= 15 is 0 Å². The maximum Gasteiger partial charge on any atom is 0.311 e. The number of carbonyl (C=O) groups excluding carboxylic acids is 1. The summed E-state index contributed by atoms with van der Waals surface area (Å²) in [7, 11) is 0. The van der Waals surface area contributed by atoms with Crippen LogP contribution in [0.5, 0.6) is 0 Å². The third-order valence-corrected chi connectivity index (χ3v) is 2.60. The number of ether oxygens (including phenoxy) is 1. The number of aromatic nitrogens is 2. The van der Waals surface area contributed by atoms with Gasteiger partial charge in [0.05, 0.1) is 13.0 Å². The van der Waals surface area contributed by atoms with Crippen molar-refractivity contribution in [1.29, 1.82) is 0 Å². The largest absolute Gasteiger partial charge is 0.465 e. The normalized spacial score (nSPS) is 16.3. The van der Waals surface area contributed by atoms with Crippen LogP contribution in [0.2, 0.25) is 0 Å². The van der Waals surface area contributed by atoms with Crippen LogP contribution in [0, 0.1) is 5.92 Å². The predicted molar refractivity (Wildman–Crippen MR) is 50.6 cm³/mol. The van der Waals surface area contributed by atoms with Crippen LogP contribution in [0.15, 0.2) is 12.3 Å². The van der Waals surface area contributed by atoms with Crippen molar-refractivity contribution in [2.45, 2.75) is 25.7 Å². The maximum atomic E-state index is 11.3. The third kappa shape index (κ3) is 2.34. The summed E-state index contributed by atoms with van der Waals surface area (Å²) in [5, 5.41) is 6.50. The molecule has 0 spiro atoms. The summed E-state index contributed by atoms with van der Waals surface area (Å²) < 4.78 is 5.13. The fraction of sp³-hybridized carbons (Fsp3) is 0.600. The van der Waals surface area contributed by atoms with Gasteiger partial charge in [0.25, 0.3) is 0 Å². The molecule has 0 radical (unpaired) electrons. The van der Waals surface area contributed by atoms with Crippen molar-refractivity contribution in [1.82, 2.24) is 10.2 Å². The Morgan fingerprint density at radius 2 is 2.50 bits per heavy atom. The number of hydrogen-bond acceptors (Lipinski definition) is 3. The van der Waals surface area contributed by atoms with Crippen LogP contribution in [-0.4, -0.2) is 22.8 Å². The summed E-state index contributed by atoms with van der Waals surface area (Å²) in [4.78, 5) is 11.3. The molecular weight excluding hydrogens is 180 g/mol. The van der Waals surface area contributed by atoms with Crippen molar-refractivity contribution in [2.24, 2.45) is 5.92 Å². The maximum absolute atomic E-state index is 11.3. The summed E-state index contributed by atoms with van der Waals surface area (Å²) in [5.41, 5.74) is 0.809. The molecule has 1 aliphatic carbocycles. The van der Waals surface area contributed by atoms with Crippen molar-refractivity contribution in [3.05, 3.63) is 18.0 Å². The van der Waals surface area contributed by atoms with E-state index in [4.69, 9.17) is 4.74 Å². The monoisotopic (exact) mass is 194 g/mol. The molecule has 2 rings (SSSR count). The van der Waals surface area contributed by atoms with Gasteiger partial charge in [-0.1, -0.05) is 6.42 Å². The minimum Gasteiger partial charge on any atom is -0.465 e. The number of nitrogens with one attached hydrogen (secondary N) is 1. The number of carbonyl (C=O) groups is 1. The standard InChI is InChI=1S/C10H14N2O2/c13-10(6-9-4-5-11-12-9)14-7-8-2-1-3-8/h4-5,8H,1-3,6-7H2,(H,11,12). The molecular formula is C10H14N2O2. The first-order valence-electron chi connectivity index (χ1n) is 4.98. The van der Waals surface area contributed by atoms with Crippen LogP contribution >= 0.6 is 0 Å². The van der Waals surface area contributed by atoms with Crippen molar-refractivity contribution in [2.75, 3.05) is 6.61 Å². The van der Waals surface area contributed by atoms with Gasteiger partial charge >= 0.3 is 5.97 Å². The number of esters is 1. The van der Waals surface area contributed by atoms with Crippen LogP contribution in [-0.2, 0) is 16.0 Å². The van der Waals surface area contributed by atoms with Gasteiger partial charge in [0, 0.05) is 11.9 Å². The second kappa shape index (κ2) is 4.26. The fourth-order valence-electron chi connectivity index (χ4n) is 1.46. The molecule has 1 fully saturated rings. The first kappa shape index (κ1) is 9.24. The molecule has 1 heterocycles. The van der Waals surface area contributed by atoms with Crippen molar-refractivity contribution >= 4 is 5.97 Å². The van der Waals surface area contributed by atoms with Crippen LogP contribution in [0.3, 0.4) is 0 Å². The number of aromatic amines is 1. The average molecular weight is 194 g/mol. The first-order chi connectivity index (χ1) is 6.84. The summed E-state index contributed by atoms with van der Waals surface area (Å²) in [6.07, 6.45) is 5.62. The van der Waals surface area contributed by atoms with Crippen LogP contribution in [0.4, 0.5) is 0 Å². The number of rotatable bonds is 4. The van der Waals surface area contributed by atoms with Crippen LogP contribution < -0.4 is 0 Å². The lowest BCUT2D eigenvalue weighted by Gasteiger charge is -2.24. The molecule has 1 saturated carbocycles. The summed E-state index contributed by atoms with van der Waals surface area (Å²) in [6.45, 7) is 0.590. The fourth-order valence-corrected chi connectivity index (χ4v) is 1.46. The molecule has 1 N–H and O–H groups in total. The van der Waals surface area contributed by atoms with E-state index in [1.165, 1.54) is 19.3 Å². The topological polar surface area (TPSA) is 55.0 Å². The number of H-pyrrole nitrogens is 1. The van der Waals surface area contributed by atoms with Gasteiger partial charge in [-0.05, 0) is 24.8 Å². The van der Waals surface area contributed by atoms with Gasteiger partial charge in [0.15, 0.2) is 0 Å². The highest BCUT2D eigenvalue weighted by atomic mass is 16.5. The lowest BCUT2D eigenvalue weighted by molar-refractivity contribution is -0.145. The summed E-state index contributed by atoms with van der Waals surface area (Å²) in [5.74, 6) is 0.446. The second-order valence-electron chi connectivity index (χ2n) is 3.74. The van der Waals surface area contributed by atoms with E-state index in [0.717, 1.165) is 5.69 Å². The zero-order valence-corrected chi connectivity index (χ0v) is 8.03. The highest BCUT2D eigenvalue weighted by molar-refractivity contribution is 5.71. The quantitative estimate of drug-likeness (QED) is 0.735. The third-order valence-electron chi connectivity index (χ3n) is 2.60. The molecule has 0 amide bonds. The van der Waals surface area contributed by atoms with E-state index in [1.54, 1.807) is 12.3 Å². The van der Waals surface area contributed by atoms with E-state index in [-0.39, 0.29) is 5.97 Å². The summed E-state index contributed by atoms with van der Waals surface area (Å²) >= 11 is 0. The molecule has 76 valence electrons. The Hall–Kier alpha value is -1.32. The van der Waals surface area contributed by atoms with Gasteiger partial charge < -0.3 is 4.74 Å². The Bertz CT molecular complexity index is 291. The molecule has 4 heteroatoms. The van der Waals surface area contributed by atoms with E-state index in [0.29, 0.717) is 18.9 Å². The lowest BCUT2D eigenvalue weighted by Crippen LogP contribution is -2.20. The molecule has 0 bridgehead atoms. The Morgan fingerprint density at radius 3 is 3.07 bits per heavy atom. The summed E-state index contributed by atoms with van der Waals surface area (Å²) in [6, 6.07) is 1.78. The second-order valence-corrected chi connectivity index (χ2v) is 3.74. The molecule has 14 heavy (non-hydrogen) atoms. The zero-order chi connectivity index (χ0) is 9.80. The number of nitrogens with zero attached hydrogens (tertiary/aromatic N) is 1. The van der Waals surface area contributed by atoms with E-state index in [1.807, 2.05) is 0 Å².